The van der Waals surface area contributed by atoms with E-state index in [4.69, 9.17) is 16.7 Å². The van der Waals surface area contributed by atoms with Gasteiger partial charge in [0, 0.05) is 11.4 Å². The molecule has 1 aliphatic carbocycles. The van der Waals surface area contributed by atoms with Crippen molar-refractivity contribution < 1.29 is 9.90 Å². The molecule has 3 rings (SSSR count). The molecule has 0 radical (unpaired) electrons. The van der Waals surface area contributed by atoms with Gasteiger partial charge in [-0.25, -0.2) is 0 Å². The summed E-state index contributed by atoms with van der Waals surface area (Å²) in [5, 5.41) is 9.76. The number of benzene rings is 2. The molecule has 1 aliphatic rings. The summed E-state index contributed by atoms with van der Waals surface area (Å²) >= 11 is 6.13. The molecule has 0 saturated carbocycles. The van der Waals surface area contributed by atoms with E-state index in [1.807, 2.05) is 12.1 Å². The summed E-state index contributed by atoms with van der Waals surface area (Å²) in [4.78, 5) is 10.9. The molecule has 0 amide bonds. The van der Waals surface area contributed by atoms with Gasteiger partial charge >= 0.3 is 5.97 Å². The van der Waals surface area contributed by atoms with E-state index in [1.165, 1.54) is 40.7 Å². The zero-order valence-corrected chi connectivity index (χ0v) is 19.4. The molecule has 0 spiro atoms. The maximum atomic E-state index is 10.9. The van der Waals surface area contributed by atoms with Crippen molar-refractivity contribution >= 4 is 23.1 Å². The number of halogens is 1. The van der Waals surface area contributed by atoms with Crippen LogP contribution < -0.4 is 0 Å². The highest BCUT2D eigenvalue weighted by atomic mass is 35.5. The molecule has 1 N–H and O–H groups in total. The van der Waals surface area contributed by atoms with Crippen molar-refractivity contribution in [1.29, 1.82) is 0 Å². The standard InChI is InChI=1S/C27H33ClO2/c1-17(2)25-15-11-22(27(25)23-9-13-24(28)14-10-23)8-7-20-5-6-21(12-16-26(29)30)19(4)18(20)3/h5-6,9-10,13-14,17,25H,7-8,11-12,15-16H2,1-4H3,(H,29,30). The van der Waals surface area contributed by atoms with Gasteiger partial charge in [-0.3, -0.25) is 4.79 Å². The van der Waals surface area contributed by atoms with Crippen LogP contribution in [0.4, 0.5) is 0 Å². The largest absolute Gasteiger partial charge is 0.481 e. The molecule has 160 valence electrons. The summed E-state index contributed by atoms with van der Waals surface area (Å²) in [5.74, 6) is 0.506. The predicted octanol–water partition coefficient (Wildman–Crippen LogP) is 7.43. The minimum atomic E-state index is -0.737. The van der Waals surface area contributed by atoms with E-state index >= 15 is 0 Å². The van der Waals surface area contributed by atoms with Crippen LogP contribution in [0.5, 0.6) is 0 Å². The van der Waals surface area contributed by atoms with Crippen LogP contribution in [0.15, 0.2) is 42.0 Å². The van der Waals surface area contributed by atoms with Crippen molar-refractivity contribution in [3.05, 3.63) is 74.8 Å². The minimum absolute atomic E-state index is 0.188. The van der Waals surface area contributed by atoms with Gasteiger partial charge in [-0.05, 0) is 103 Å². The summed E-state index contributed by atoms with van der Waals surface area (Å²) in [7, 11) is 0. The number of allylic oxidation sites excluding steroid dienone is 2. The first-order valence-corrected chi connectivity index (χ1v) is 11.4. The molecule has 2 aromatic carbocycles. The lowest BCUT2D eigenvalue weighted by molar-refractivity contribution is -0.136. The van der Waals surface area contributed by atoms with Crippen molar-refractivity contribution in [2.24, 2.45) is 11.8 Å². The number of aliphatic carboxylic acids is 1. The van der Waals surface area contributed by atoms with Crippen LogP contribution in [0.2, 0.25) is 5.02 Å². The fraction of sp³-hybridized carbons (Fsp3) is 0.444. The van der Waals surface area contributed by atoms with Crippen LogP contribution in [0.1, 0.15) is 67.3 Å². The van der Waals surface area contributed by atoms with Crippen LogP contribution in [0, 0.1) is 25.7 Å². The third kappa shape index (κ3) is 5.16. The Morgan fingerprint density at radius 1 is 1.00 bits per heavy atom. The van der Waals surface area contributed by atoms with Gasteiger partial charge in [-0.1, -0.05) is 55.3 Å². The maximum Gasteiger partial charge on any atom is 0.303 e. The maximum absolute atomic E-state index is 10.9. The molecule has 2 aromatic rings. The number of aryl methyl sites for hydroxylation is 2. The SMILES string of the molecule is Cc1c(CCC(=O)O)ccc(CCC2=C(c3ccc(Cl)cc3)C(C(C)C)CC2)c1C. The summed E-state index contributed by atoms with van der Waals surface area (Å²) in [6.07, 6.45) is 5.31. The van der Waals surface area contributed by atoms with Gasteiger partial charge in [-0.2, -0.15) is 0 Å². The lowest BCUT2D eigenvalue weighted by Crippen LogP contribution is -2.07. The van der Waals surface area contributed by atoms with Gasteiger partial charge in [0.1, 0.15) is 0 Å². The number of hydrogen-bond donors (Lipinski definition) is 1. The van der Waals surface area contributed by atoms with Crippen molar-refractivity contribution in [3.8, 4) is 0 Å². The van der Waals surface area contributed by atoms with Crippen molar-refractivity contribution in [2.45, 2.75) is 66.2 Å². The topological polar surface area (TPSA) is 37.3 Å². The number of rotatable bonds is 8. The van der Waals surface area contributed by atoms with Crippen LogP contribution in [-0.2, 0) is 17.6 Å². The highest BCUT2D eigenvalue weighted by Gasteiger charge is 2.28. The van der Waals surface area contributed by atoms with E-state index < -0.39 is 5.97 Å². The molecule has 0 heterocycles. The summed E-state index contributed by atoms with van der Waals surface area (Å²) in [5.41, 5.74) is 9.53. The molecule has 2 nitrogen and oxygen atoms in total. The smallest absolute Gasteiger partial charge is 0.303 e. The normalized spacial score (nSPS) is 16.5. The number of hydrogen-bond acceptors (Lipinski definition) is 1. The molecule has 30 heavy (non-hydrogen) atoms. The summed E-state index contributed by atoms with van der Waals surface area (Å²) < 4.78 is 0. The lowest BCUT2D eigenvalue weighted by Gasteiger charge is -2.20. The Bertz CT molecular complexity index is 938. The minimum Gasteiger partial charge on any atom is -0.481 e. The molecule has 0 bridgehead atoms. The van der Waals surface area contributed by atoms with E-state index in [-0.39, 0.29) is 6.42 Å². The molecule has 1 atom stereocenters. The number of carbonyl (C=O) groups is 1. The fourth-order valence-electron chi connectivity index (χ4n) is 4.85. The van der Waals surface area contributed by atoms with Gasteiger partial charge < -0.3 is 5.11 Å². The van der Waals surface area contributed by atoms with Gasteiger partial charge in [0.05, 0.1) is 0 Å². The molecule has 0 saturated heterocycles. The molecule has 0 aliphatic heterocycles. The first kappa shape index (κ1) is 22.6. The van der Waals surface area contributed by atoms with Crippen LogP contribution in [-0.4, -0.2) is 11.1 Å². The van der Waals surface area contributed by atoms with Crippen LogP contribution in [0.25, 0.3) is 5.57 Å². The highest BCUT2D eigenvalue weighted by Crippen LogP contribution is 2.44. The average molecular weight is 425 g/mol. The van der Waals surface area contributed by atoms with Crippen LogP contribution in [0.3, 0.4) is 0 Å². The second-order valence-electron chi connectivity index (χ2n) is 8.94. The first-order chi connectivity index (χ1) is 14.3. The zero-order chi connectivity index (χ0) is 21.8. The Kier molecular flexibility index (Phi) is 7.41. The molecule has 1 unspecified atom stereocenters. The third-order valence-electron chi connectivity index (χ3n) is 6.78. The van der Waals surface area contributed by atoms with Gasteiger partial charge in [0.25, 0.3) is 0 Å². The Balaban J connectivity index is 1.83. The second kappa shape index (κ2) is 9.83. The monoisotopic (exact) mass is 424 g/mol. The third-order valence-corrected chi connectivity index (χ3v) is 7.04. The Morgan fingerprint density at radius 3 is 2.17 bits per heavy atom. The molecular formula is C27H33ClO2. The van der Waals surface area contributed by atoms with E-state index in [0.29, 0.717) is 18.3 Å². The number of carboxylic acid groups (broad SMARTS) is 1. The van der Waals surface area contributed by atoms with Crippen molar-refractivity contribution in [2.75, 3.05) is 0 Å². The molecular weight excluding hydrogens is 392 g/mol. The Morgan fingerprint density at radius 2 is 1.60 bits per heavy atom. The summed E-state index contributed by atoms with van der Waals surface area (Å²) in [6.45, 7) is 8.95. The quantitative estimate of drug-likeness (QED) is 0.478. The first-order valence-electron chi connectivity index (χ1n) is 11.1. The van der Waals surface area contributed by atoms with Gasteiger partial charge in [-0.15, -0.1) is 0 Å². The average Bonchev–Trinajstić information content (AvgIpc) is 3.13. The second-order valence-corrected chi connectivity index (χ2v) is 9.38. The van der Waals surface area contributed by atoms with Crippen molar-refractivity contribution in [3.63, 3.8) is 0 Å². The van der Waals surface area contributed by atoms with E-state index in [1.54, 1.807) is 5.57 Å². The van der Waals surface area contributed by atoms with Crippen LogP contribution >= 0.6 is 11.6 Å². The summed E-state index contributed by atoms with van der Waals surface area (Å²) in [6, 6.07) is 12.7. The van der Waals surface area contributed by atoms with E-state index in [0.717, 1.165) is 23.4 Å². The molecule has 3 heteroatoms. The molecule has 0 fully saturated rings. The lowest BCUT2D eigenvalue weighted by atomic mass is 9.84. The predicted molar refractivity (Wildman–Crippen MR) is 126 cm³/mol. The van der Waals surface area contributed by atoms with E-state index in [9.17, 15) is 4.79 Å². The van der Waals surface area contributed by atoms with Gasteiger partial charge in [0.2, 0.25) is 0 Å². The Hall–Kier alpha value is -2.06. The molecule has 0 aromatic heterocycles. The van der Waals surface area contributed by atoms with Gasteiger partial charge in [0.15, 0.2) is 0 Å². The fourth-order valence-corrected chi connectivity index (χ4v) is 4.97. The van der Waals surface area contributed by atoms with Crippen molar-refractivity contribution in [1.82, 2.24) is 0 Å². The number of carboxylic acids is 1. The zero-order valence-electron chi connectivity index (χ0n) is 18.6. The van der Waals surface area contributed by atoms with E-state index in [2.05, 4.69) is 52.0 Å². The highest BCUT2D eigenvalue weighted by molar-refractivity contribution is 6.30. The Labute approximate surface area is 186 Å².